The molecule has 2 rings (SSSR count). The van der Waals surface area contributed by atoms with Crippen molar-refractivity contribution in [3.05, 3.63) is 59.9 Å². The first-order valence-electron chi connectivity index (χ1n) is 6.67. The Bertz CT molecular complexity index is 593. The van der Waals surface area contributed by atoms with E-state index in [0.29, 0.717) is 6.54 Å². The van der Waals surface area contributed by atoms with E-state index in [2.05, 4.69) is 58.4 Å². The molecule has 0 bridgehead atoms. The predicted octanol–water partition coefficient (Wildman–Crippen LogP) is 3.30. The zero-order valence-electron chi connectivity index (χ0n) is 12.0. The number of benzene rings is 1. The Morgan fingerprint density at radius 1 is 1.10 bits per heavy atom. The van der Waals surface area contributed by atoms with Crippen LogP contribution in [0.15, 0.2) is 43.0 Å². The first-order valence-corrected chi connectivity index (χ1v) is 6.67. The van der Waals surface area contributed by atoms with Crippen LogP contribution in [0, 0.1) is 13.8 Å². The van der Waals surface area contributed by atoms with E-state index in [-0.39, 0.29) is 0 Å². The molecule has 0 amide bonds. The molecule has 0 saturated heterocycles. The third-order valence-electron chi connectivity index (χ3n) is 2.82. The van der Waals surface area contributed by atoms with Crippen molar-refractivity contribution in [2.75, 3.05) is 17.2 Å². The minimum Gasteiger partial charge on any atom is -0.366 e. The van der Waals surface area contributed by atoms with Crippen molar-refractivity contribution in [2.45, 2.75) is 20.4 Å². The molecule has 0 aliphatic carbocycles. The fourth-order valence-electron chi connectivity index (χ4n) is 1.94. The normalized spacial score (nSPS) is 10.1. The summed E-state index contributed by atoms with van der Waals surface area (Å²) in [5.41, 5.74) is 2.50. The molecular weight excluding hydrogens is 248 g/mol. The van der Waals surface area contributed by atoms with E-state index >= 15 is 0 Å². The molecule has 104 valence electrons. The lowest BCUT2D eigenvalue weighted by Gasteiger charge is -2.09. The van der Waals surface area contributed by atoms with Crippen LogP contribution in [0.25, 0.3) is 0 Å². The summed E-state index contributed by atoms with van der Waals surface area (Å²) in [5.74, 6) is 2.38. The molecule has 0 saturated carbocycles. The summed E-state index contributed by atoms with van der Waals surface area (Å²) >= 11 is 0. The van der Waals surface area contributed by atoms with E-state index < -0.39 is 0 Å². The van der Waals surface area contributed by atoms with Gasteiger partial charge in [0, 0.05) is 19.2 Å². The van der Waals surface area contributed by atoms with Gasteiger partial charge in [-0.2, -0.15) is 0 Å². The minimum absolute atomic E-state index is 0.688. The molecule has 1 aromatic heterocycles. The number of nitrogens with zero attached hydrogens (tertiary/aromatic N) is 2. The Kier molecular flexibility index (Phi) is 4.71. The number of anilines is 2. The van der Waals surface area contributed by atoms with Crippen molar-refractivity contribution < 1.29 is 0 Å². The molecule has 4 heteroatoms. The molecule has 0 aliphatic rings. The molecule has 0 aliphatic heterocycles. The van der Waals surface area contributed by atoms with Crippen LogP contribution in [-0.4, -0.2) is 16.5 Å². The van der Waals surface area contributed by atoms with Crippen LogP contribution < -0.4 is 10.6 Å². The molecule has 2 aromatic rings. The largest absolute Gasteiger partial charge is 0.366 e. The van der Waals surface area contributed by atoms with Gasteiger partial charge in [0.25, 0.3) is 0 Å². The molecule has 0 fully saturated rings. The Labute approximate surface area is 120 Å². The monoisotopic (exact) mass is 268 g/mol. The number of aryl methyl sites for hydroxylation is 2. The lowest BCUT2D eigenvalue weighted by molar-refractivity contribution is 1.02. The predicted molar refractivity (Wildman–Crippen MR) is 84.0 cm³/mol. The maximum Gasteiger partial charge on any atom is 0.132 e. The highest BCUT2D eigenvalue weighted by molar-refractivity contribution is 5.48. The van der Waals surface area contributed by atoms with Crippen molar-refractivity contribution >= 4 is 11.6 Å². The van der Waals surface area contributed by atoms with Crippen LogP contribution >= 0.6 is 0 Å². The quantitative estimate of drug-likeness (QED) is 0.789. The molecule has 1 aromatic carbocycles. The lowest BCUT2D eigenvalue weighted by atomic mass is 10.1. The van der Waals surface area contributed by atoms with Gasteiger partial charge in [0.05, 0.1) is 0 Å². The van der Waals surface area contributed by atoms with Gasteiger partial charge in [-0.05, 0) is 19.4 Å². The summed E-state index contributed by atoms with van der Waals surface area (Å²) in [7, 11) is 0. The van der Waals surface area contributed by atoms with Crippen molar-refractivity contribution in [2.24, 2.45) is 0 Å². The van der Waals surface area contributed by atoms with Gasteiger partial charge in [-0.25, -0.2) is 9.97 Å². The average Bonchev–Trinajstić information content (AvgIpc) is 2.42. The molecular formula is C16H20N4. The molecule has 0 unspecified atom stereocenters. The van der Waals surface area contributed by atoms with E-state index in [0.717, 1.165) is 24.0 Å². The summed E-state index contributed by atoms with van der Waals surface area (Å²) in [5, 5.41) is 6.50. The van der Waals surface area contributed by atoms with Crippen LogP contribution in [0.1, 0.15) is 17.0 Å². The van der Waals surface area contributed by atoms with Crippen LogP contribution in [0.2, 0.25) is 0 Å². The second-order valence-electron chi connectivity index (χ2n) is 4.70. The molecule has 0 atom stereocenters. The number of rotatable bonds is 6. The van der Waals surface area contributed by atoms with E-state index in [1.807, 2.05) is 13.0 Å². The van der Waals surface area contributed by atoms with Gasteiger partial charge >= 0.3 is 0 Å². The van der Waals surface area contributed by atoms with Gasteiger partial charge in [-0.3, -0.25) is 0 Å². The first-order chi connectivity index (χ1) is 9.67. The summed E-state index contributed by atoms with van der Waals surface area (Å²) in [6, 6.07) is 10.3. The smallest absolute Gasteiger partial charge is 0.132 e. The molecule has 0 spiro atoms. The van der Waals surface area contributed by atoms with E-state index in [1.54, 1.807) is 6.08 Å². The molecule has 0 radical (unpaired) electrons. The number of hydrogen-bond acceptors (Lipinski definition) is 4. The molecule has 1 heterocycles. The fraction of sp³-hybridized carbons (Fsp3) is 0.250. The van der Waals surface area contributed by atoms with Gasteiger partial charge in [0.2, 0.25) is 0 Å². The Balaban J connectivity index is 2.05. The zero-order valence-corrected chi connectivity index (χ0v) is 12.0. The minimum atomic E-state index is 0.688. The van der Waals surface area contributed by atoms with Crippen molar-refractivity contribution in [3.63, 3.8) is 0 Å². The number of nitrogens with one attached hydrogen (secondary N) is 2. The van der Waals surface area contributed by atoms with Crippen LogP contribution in [0.3, 0.4) is 0 Å². The molecule has 2 N–H and O–H groups in total. The number of aromatic nitrogens is 2. The van der Waals surface area contributed by atoms with E-state index in [4.69, 9.17) is 0 Å². The molecule has 20 heavy (non-hydrogen) atoms. The second kappa shape index (κ2) is 6.70. The maximum atomic E-state index is 4.39. The van der Waals surface area contributed by atoms with Crippen molar-refractivity contribution in [1.29, 1.82) is 0 Å². The topological polar surface area (TPSA) is 49.8 Å². The number of hydrogen-bond donors (Lipinski definition) is 2. The highest BCUT2D eigenvalue weighted by Crippen LogP contribution is 2.13. The summed E-state index contributed by atoms with van der Waals surface area (Å²) in [4.78, 5) is 8.72. The Hall–Kier alpha value is -2.36. The van der Waals surface area contributed by atoms with Gasteiger partial charge < -0.3 is 10.6 Å². The third kappa shape index (κ3) is 4.09. The SMILES string of the molecule is C=CCNc1cc(NCc2cccc(C)c2)nc(C)n1. The molecule has 4 nitrogen and oxygen atoms in total. The highest BCUT2D eigenvalue weighted by Gasteiger charge is 2.01. The van der Waals surface area contributed by atoms with Gasteiger partial charge in [0.15, 0.2) is 0 Å². The van der Waals surface area contributed by atoms with E-state index in [1.165, 1.54) is 11.1 Å². The van der Waals surface area contributed by atoms with E-state index in [9.17, 15) is 0 Å². The first kappa shape index (κ1) is 14.1. The fourth-order valence-corrected chi connectivity index (χ4v) is 1.94. The second-order valence-corrected chi connectivity index (χ2v) is 4.70. The lowest BCUT2D eigenvalue weighted by Crippen LogP contribution is -2.07. The maximum absolute atomic E-state index is 4.39. The third-order valence-corrected chi connectivity index (χ3v) is 2.82. The summed E-state index contributed by atoms with van der Waals surface area (Å²) in [6.07, 6.45) is 1.80. The highest BCUT2D eigenvalue weighted by atomic mass is 15.1. The Morgan fingerprint density at radius 3 is 2.55 bits per heavy atom. The summed E-state index contributed by atoms with van der Waals surface area (Å²) < 4.78 is 0. The van der Waals surface area contributed by atoms with Gasteiger partial charge in [-0.15, -0.1) is 6.58 Å². The zero-order chi connectivity index (χ0) is 14.4. The summed E-state index contributed by atoms with van der Waals surface area (Å²) in [6.45, 7) is 9.10. The average molecular weight is 268 g/mol. The van der Waals surface area contributed by atoms with Crippen LogP contribution in [-0.2, 0) is 6.54 Å². The standard InChI is InChI=1S/C16H20N4/c1-4-8-17-15-10-16(20-13(3)19-15)18-11-14-7-5-6-12(2)9-14/h4-7,9-10H,1,8,11H2,2-3H3,(H2,17,18,19,20). The van der Waals surface area contributed by atoms with Gasteiger partial charge in [-0.1, -0.05) is 35.9 Å². The Morgan fingerprint density at radius 2 is 1.85 bits per heavy atom. The van der Waals surface area contributed by atoms with Crippen LogP contribution in [0.5, 0.6) is 0 Å². The van der Waals surface area contributed by atoms with Crippen molar-refractivity contribution in [1.82, 2.24) is 9.97 Å². The van der Waals surface area contributed by atoms with Gasteiger partial charge in [0.1, 0.15) is 17.5 Å². The van der Waals surface area contributed by atoms with Crippen molar-refractivity contribution in [3.8, 4) is 0 Å². The van der Waals surface area contributed by atoms with Crippen LogP contribution in [0.4, 0.5) is 11.6 Å².